The van der Waals surface area contributed by atoms with Crippen LogP contribution in [0.2, 0.25) is 5.02 Å². The number of hydrogen-bond donors (Lipinski definition) is 1. The Morgan fingerprint density at radius 3 is 3.06 bits per heavy atom. The predicted octanol–water partition coefficient (Wildman–Crippen LogP) is 1.61. The van der Waals surface area contributed by atoms with E-state index in [4.69, 9.17) is 22.8 Å². The number of terminal acetylenes is 1. The van der Waals surface area contributed by atoms with E-state index in [2.05, 4.69) is 11.2 Å². The molecule has 3 nitrogen and oxygen atoms in total. The van der Waals surface area contributed by atoms with Crippen molar-refractivity contribution in [2.45, 2.75) is 6.61 Å². The second kappa shape index (κ2) is 6.89. The molecule has 1 aromatic rings. The minimum absolute atomic E-state index is 0.116. The third-order valence-corrected chi connectivity index (χ3v) is 2.02. The predicted molar refractivity (Wildman–Crippen MR) is 63.0 cm³/mol. The van der Waals surface area contributed by atoms with E-state index in [1.54, 1.807) is 12.1 Å². The molecule has 0 radical (unpaired) electrons. The Morgan fingerprint density at radius 1 is 1.56 bits per heavy atom. The minimum Gasteiger partial charge on any atom is -0.460 e. The first kappa shape index (κ1) is 12.6. The van der Waals surface area contributed by atoms with Gasteiger partial charge in [-0.05, 0) is 17.7 Å². The molecule has 1 aromatic carbocycles. The molecule has 0 saturated carbocycles. The Morgan fingerprint density at radius 2 is 2.38 bits per heavy atom. The van der Waals surface area contributed by atoms with Crippen molar-refractivity contribution >= 4 is 17.6 Å². The highest BCUT2D eigenvalue weighted by Crippen LogP contribution is 2.11. The Hall–Kier alpha value is -1.50. The number of carbonyl (C=O) groups excluding carboxylic acids is 1. The van der Waals surface area contributed by atoms with E-state index in [1.807, 2.05) is 12.1 Å². The zero-order valence-corrected chi connectivity index (χ0v) is 9.46. The quantitative estimate of drug-likeness (QED) is 0.480. The summed E-state index contributed by atoms with van der Waals surface area (Å²) >= 11 is 5.79. The van der Waals surface area contributed by atoms with Crippen molar-refractivity contribution in [2.75, 3.05) is 13.1 Å². The molecule has 16 heavy (non-hydrogen) atoms. The normalized spacial score (nSPS) is 9.50. The van der Waals surface area contributed by atoms with Crippen molar-refractivity contribution in [3.63, 3.8) is 0 Å². The van der Waals surface area contributed by atoms with Crippen molar-refractivity contribution in [3.8, 4) is 12.3 Å². The topological polar surface area (TPSA) is 38.3 Å². The van der Waals surface area contributed by atoms with Gasteiger partial charge in [-0.3, -0.25) is 10.1 Å². The second-order valence-electron chi connectivity index (χ2n) is 3.10. The van der Waals surface area contributed by atoms with Gasteiger partial charge in [0.05, 0.1) is 13.1 Å². The highest BCUT2D eigenvalue weighted by molar-refractivity contribution is 6.30. The third-order valence-electron chi connectivity index (χ3n) is 1.79. The van der Waals surface area contributed by atoms with Crippen molar-refractivity contribution in [1.82, 2.24) is 5.32 Å². The van der Waals surface area contributed by atoms with Gasteiger partial charge < -0.3 is 4.74 Å². The summed E-state index contributed by atoms with van der Waals surface area (Å²) in [5.41, 5.74) is 0.859. The average molecular weight is 238 g/mol. The van der Waals surface area contributed by atoms with Crippen molar-refractivity contribution in [3.05, 3.63) is 34.9 Å². The average Bonchev–Trinajstić information content (AvgIpc) is 2.27. The Bertz CT molecular complexity index is 398. The van der Waals surface area contributed by atoms with E-state index in [9.17, 15) is 4.79 Å². The lowest BCUT2D eigenvalue weighted by Crippen LogP contribution is -2.24. The molecule has 0 atom stereocenters. The fraction of sp³-hybridized carbons (Fsp3) is 0.250. The second-order valence-corrected chi connectivity index (χ2v) is 3.53. The van der Waals surface area contributed by atoms with Gasteiger partial charge in [0.25, 0.3) is 0 Å². The van der Waals surface area contributed by atoms with Gasteiger partial charge in [0, 0.05) is 5.02 Å². The Kier molecular flexibility index (Phi) is 5.41. The van der Waals surface area contributed by atoms with E-state index in [-0.39, 0.29) is 19.1 Å². The number of carbonyl (C=O) groups is 1. The van der Waals surface area contributed by atoms with Crippen LogP contribution in [0.4, 0.5) is 0 Å². The zero-order valence-electron chi connectivity index (χ0n) is 8.70. The monoisotopic (exact) mass is 237 g/mol. The number of esters is 1. The van der Waals surface area contributed by atoms with Crippen LogP contribution in [0.5, 0.6) is 0 Å². The van der Waals surface area contributed by atoms with E-state index >= 15 is 0 Å². The van der Waals surface area contributed by atoms with Gasteiger partial charge in [-0.25, -0.2) is 0 Å². The number of rotatable bonds is 5. The molecule has 1 rings (SSSR count). The molecule has 1 N–H and O–H groups in total. The summed E-state index contributed by atoms with van der Waals surface area (Å²) in [5, 5.41) is 3.37. The van der Waals surface area contributed by atoms with Gasteiger partial charge in [-0.2, -0.15) is 0 Å². The standard InChI is InChI=1S/C12H12ClNO2/c1-2-6-14-8-12(15)16-9-10-4-3-5-11(13)7-10/h1,3-5,7,14H,6,8-9H2. The van der Waals surface area contributed by atoms with E-state index in [0.717, 1.165) is 5.56 Å². The maximum absolute atomic E-state index is 11.2. The summed E-state index contributed by atoms with van der Waals surface area (Å²) in [6.45, 7) is 0.689. The molecule has 0 heterocycles. The lowest BCUT2D eigenvalue weighted by Gasteiger charge is -2.05. The molecule has 0 aliphatic heterocycles. The lowest BCUT2D eigenvalue weighted by atomic mass is 10.2. The highest BCUT2D eigenvalue weighted by Gasteiger charge is 2.02. The first-order chi connectivity index (χ1) is 7.72. The van der Waals surface area contributed by atoms with Crippen molar-refractivity contribution in [2.24, 2.45) is 0 Å². The first-order valence-corrected chi connectivity index (χ1v) is 5.14. The molecule has 0 saturated heterocycles. The van der Waals surface area contributed by atoms with Crippen LogP contribution < -0.4 is 5.32 Å². The van der Waals surface area contributed by atoms with Crippen molar-refractivity contribution in [1.29, 1.82) is 0 Å². The van der Waals surface area contributed by atoms with Crippen LogP contribution in [0.15, 0.2) is 24.3 Å². The van der Waals surface area contributed by atoms with Gasteiger partial charge >= 0.3 is 5.97 Å². The molecular formula is C12H12ClNO2. The Balaban J connectivity index is 2.29. The van der Waals surface area contributed by atoms with Crippen LogP contribution in [-0.4, -0.2) is 19.1 Å². The largest absolute Gasteiger partial charge is 0.460 e. The minimum atomic E-state index is -0.338. The van der Waals surface area contributed by atoms with Gasteiger partial charge in [-0.1, -0.05) is 29.7 Å². The lowest BCUT2D eigenvalue weighted by molar-refractivity contribution is -0.143. The molecule has 0 aliphatic rings. The molecule has 0 bridgehead atoms. The molecule has 0 unspecified atom stereocenters. The number of halogens is 1. The molecule has 0 spiro atoms. The molecular weight excluding hydrogens is 226 g/mol. The van der Waals surface area contributed by atoms with Crippen LogP contribution >= 0.6 is 11.6 Å². The molecule has 84 valence electrons. The molecule has 4 heteroatoms. The summed E-state index contributed by atoms with van der Waals surface area (Å²) in [4.78, 5) is 11.2. The van der Waals surface area contributed by atoms with Crippen LogP contribution in [0.25, 0.3) is 0 Å². The molecule has 0 aromatic heterocycles. The first-order valence-electron chi connectivity index (χ1n) is 4.76. The maximum atomic E-state index is 11.2. The van der Waals surface area contributed by atoms with Crippen LogP contribution in [-0.2, 0) is 16.1 Å². The van der Waals surface area contributed by atoms with E-state index < -0.39 is 0 Å². The van der Waals surface area contributed by atoms with Gasteiger partial charge in [0.2, 0.25) is 0 Å². The molecule has 0 amide bonds. The zero-order chi connectivity index (χ0) is 11.8. The highest BCUT2D eigenvalue weighted by atomic mass is 35.5. The summed E-state index contributed by atoms with van der Waals surface area (Å²) < 4.78 is 5.00. The van der Waals surface area contributed by atoms with E-state index in [0.29, 0.717) is 11.6 Å². The number of hydrogen-bond acceptors (Lipinski definition) is 3. The summed E-state index contributed by atoms with van der Waals surface area (Å²) in [6.07, 6.45) is 5.02. The van der Waals surface area contributed by atoms with Crippen LogP contribution in [0.3, 0.4) is 0 Å². The summed E-state index contributed by atoms with van der Waals surface area (Å²) in [6, 6.07) is 7.17. The smallest absolute Gasteiger partial charge is 0.320 e. The third kappa shape index (κ3) is 4.83. The van der Waals surface area contributed by atoms with Gasteiger partial charge in [0.1, 0.15) is 6.61 Å². The van der Waals surface area contributed by atoms with Gasteiger partial charge in [0.15, 0.2) is 0 Å². The fourth-order valence-corrected chi connectivity index (χ4v) is 1.29. The summed E-state index contributed by atoms with van der Waals surface area (Å²) in [5.74, 6) is 2.03. The van der Waals surface area contributed by atoms with Gasteiger partial charge in [-0.15, -0.1) is 6.42 Å². The van der Waals surface area contributed by atoms with Crippen LogP contribution in [0, 0.1) is 12.3 Å². The number of nitrogens with one attached hydrogen (secondary N) is 1. The number of benzene rings is 1. The Labute approximate surface area is 99.7 Å². The van der Waals surface area contributed by atoms with Crippen molar-refractivity contribution < 1.29 is 9.53 Å². The summed E-state index contributed by atoms with van der Waals surface area (Å²) in [7, 11) is 0. The fourth-order valence-electron chi connectivity index (χ4n) is 1.08. The maximum Gasteiger partial charge on any atom is 0.320 e. The van der Waals surface area contributed by atoms with Crippen LogP contribution in [0.1, 0.15) is 5.56 Å². The SMILES string of the molecule is C#CCNCC(=O)OCc1cccc(Cl)c1. The van der Waals surface area contributed by atoms with E-state index in [1.165, 1.54) is 0 Å². The molecule has 0 fully saturated rings. The number of ether oxygens (including phenoxy) is 1. The molecule has 0 aliphatic carbocycles.